The van der Waals surface area contributed by atoms with Crippen LogP contribution in [0, 0.1) is 11.3 Å². The number of nitrogens with one attached hydrogen (secondary N) is 1. The number of benzene rings is 2. The molecule has 7 heteroatoms. The van der Waals surface area contributed by atoms with Crippen molar-refractivity contribution in [1.82, 2.24) is 10.2 Å². The molecule has 0 radical (unpaired) electrons. The van der Waals surface area contributed by atoms with E-state index in [0.717, 1.165) is 17.5 Å². The highest BCUT2D eigenvalue weighted by molar-refractivity contribution is 5.84. The molecule has 0 bridgehead atoms. The number of hydrogen-bond donors (Lipinski definition) is 1. The molecule has 1 aliphatic rings. The number of ether oxygens (including phenoxy) is 2. The highest BCUT2D eigenvalue weighted by Crippen LogP contribution is 2.19. The van der Waals surface area contributed by atoms with E-state index in [2.05, 4.69) is 11.4 Å². The van der Waals surface area contributed by atoms with Gasteiger partial charge in [0.2, 0.25) is 0 Å². The van der Waals surface area contributed by atoms with Gasteiger partial charge in [0.1, 0.15) is 6.04 Å². The maximum absolute atomic E-state index is 12.6. The summed E-state index contributed by atoms with van der Waals surface area (Å²) in [4.78, 5) is 26.8. The predicted molar refractivity (Wildman–Crippen MR) is 115 cm³/mol. The zero-order valence-corrected chi connectivity index (χ0v) is 17.6. The minimum absolute atomic E-state index is 0.0461. The lowest BCUT2D eigenvalue weighted by Crippen LogP contribution is -2.46. The molecule has 0 aromatic heterocycles. The van der Waals surface area contributed by atoms with Gasteiger partial charge >= 0.3 is 6.09 Å². The molecule has 31 heavy (non-hydrogen) atoms. The Hall–Kier alpha value is -3.37. The van der Waals surface area contributed by atoms with Gasteiger partial charge in [0, 0.05) is 13.1 Å². The molecule has 0 spiro atoms. The Morgan fingerprint density at radius 2 is 1.84 bits per heavy atom. The van der Waals surface area contributed by atoms with Gasteiger partial charge in [-0.1, -0.05) is 61.5 Å². The van der Waals surface area contributed by atoms with Crippen LogP contribution < -0.4 is 5.32 Å². The molecule has 2 aromatic carbocycles. The molecule has 2 aromatic rings. The van der Waals surface area contributed by atoms with Gasteiger partial charge in [-0.2, -0.15) is 5.26 Å². The number of rotatable bonds is 8. The number of nitrogens with zero attached hydrogens (tertiary/aromatic N) is 2. The van der Waals surface area contributed by atoms with E-state index in [4.69, 9.17) is 9.47 Å². The fraction of sp³-hybridized carbons (Fsp3) is 0.375. The molecule has 0 aliphatic carbocycles. The summed E-state index contributed by atoms with van der Waals surface area (Å²) in [6, 6.07) is 18.7. The third-order valence-electron chi connectivity index (χ3n) is 5.16. The van der Waals surface area contributed by atoms with Crippen molar-refractivity contribution in [2.75, 3.05) is 13.2 Å². The Morgan fingerprint density at radius 1 is 1.13 bits per heavy atom. The van der Waals surface area contributed by atoms with Crippen molar-refractivity contribution in [2.45, 2.75) is 45.1 Å². The molecule has 1 N–H and O–H groups in total. The number of nitriles is 1. The van der Waals surface area contributed by atoms with Crippen molar-refractivity contribution in [2.24, 2.45) is 0 Å². The van der Waals surface area contributed by atoms with Gasteiger partial charge in [0.15, 0.2) is 6.10 Å². The van der Waals surface area contributed by atoms with Crippen molar-refractivity contribution in [3.05, 3.63) is 71.3 Å². The van der Waals surface area contributed by atoms with Gasteiger partial charge < -0.3 is 19.7 Å². The molecule has 7 nitrogen and oxygen atoms in total. The number of carbonyl (C=O) groups excluding carboxylic acids is 2. The topological polar surface area (TPSA) is 91.7 Å². The third kappa shape index (κ3) is 6.30. The number of hydrogen-bond acceptors (Lipinski definition) is 5. The normalized spacial score (nSPS) is 14.6. The second kappa shape index (κ2) is 11.1. The highest BCUT2D eigenvalue weighted by Gasteiger charge is 2.28. The van der Waals surface area contributed by atoms with Crippen LogP contribution in [0.5, 0.6) is 0 Å². The Labute approximate surface area is 182 Å². The first-order valence-electron chi connectivity index (χ1n) is 10.4. The van der Waals surface area contributed by atoms with Crippen molar-refractivity contribution >= 4 is 12.0 Å². The van der Waals surface area contributed by atoms with Gasteiger partial charge in [-0.05, 0) is 29.5 Å². The first kappa shape index (κ1) is 22.3. The Morgan fingerprint density at radius 3 is 2.55 bits per heavy atom. The number of fused-ring (bicyclic) bond motifs is 1. The third-order valence-corrected chi connectivity index (χ3v) is 5.16. The zero-order valence-electron chi connectivity index (χ0n) is 17.6. The summed E-state index contributed by atoms with van der Waals surface area (Å²) in [6.45, 7) is 3.15. The predicted octanol–water partition coefficient (Wildman–Crippen LogP) is 3.19. The van der Waals surface area contributed by atoms with Crippen molar-refractivity contribution in [1.29, 1.82) is 5.26 Å². The molecule has 1 heterocycles. The molecule has 3 rings (SSSR count). The molecular weight excluding hydrogens is 394 g/mol. The lowest BCUT2D eigenvalue weighted by molar-refractivity contribution is -0.131. The maximum Gasteiger partial charge on any atom is 0.410 e. The van der Waals surface area contributed by atoms with E-state index in [1.807, 2.05) is 54.6 Å². The number of carbonyl (C=O) groups is 2. The van der Waals surface area contributed by atoms with Crippen LogP contribution in [-0.2, 0) is 33.8 Å². The van der Waals surface area contributed by atoms with Crippen LogP contribution in [0.2, 0.25) is 0 Å². The van der Waals surface area contributed by atoms with Crippen LogP contribution in [0.4, 0.5) is 4.79 Å². The molecule has 2 atom stereocenters. The molecular formula is C24H27N3O4. The standard InChI is InChI=1S/C24H27N3O4/c1-2-22(31-24(29)27-13-12-19-10-6-7-11-20(19)15-27)23(28)26-21(14-25)17-30-16-18-8-4-3-5-9-18/h3-11,21-22H,2,12-13,15-17H2,1H3,(H,26,28). The molecule has 1 aliphatic heterocycles. The lowest BCUT2D eigenvalue weighted by Gasteiger charge is -2.29. The van der Waals surface area contributed by atoms with Gasteiger partial charge in [-0.3, -0.25) is 4.79 Å². The van der Waals surface area contributed by atoms with Crippen molar-refractivity contribution in [3.63, 3.8) is 0 Å². The SMILES string of the molecule is CCC(OC(=O)N1CCc2ccccc2C1)C(=O)NC(C#N)COCc1ccccc1. The summed E-state index contributed by atoms with van der Waals surface area (Å²) in [7, 11) is 0. The van der Waals surface area contributed by atoms with Gasteiger partial charge in [0.05, 0.1) is 19.3 Å². The van der Waals surface area contributed by atoms with Crippen LogP contribution in [0.25, 0.3) is 0 Å². The van der Waals surface area contributed by atoms with E-state index in [-0.39, 0.29) is 6.61 Å². The quantitative estimate of drug-likeness (QED) is 0.707. The molecule has 2 amide bonds. The van der Waals surface area contributed by atoms with Gasteiger partial charge in [0.25, 0.3) is 5.91 Å². The van der Waals surface area contributed by atoms with E-state index in [9.17, 15) is 14.9 Å². The maximum atomic E-state index is 12.6. The van der Waals surface area contributed by atoms with Gasteiger partial charge in [-0.25, -0.2) is 4.79 Å². The summed E-state index contributed by atoms with van der Waals surface area (Å²) in [6.07, 6.45) is -0.422. The van der Waals surface area contributed by atoms with E-state index < -0.39 is 24.1 Å². The minimum atomic E-state index is -0.963. The monoisotopic (exact) mass is 421 g/mol. The largest absolute Gasteiger partial charge is 0.436 e. The van der Waals surface area contributed by atoms with E-state index in [0.29, 0.717) is 26.1 Å². The van der Waals surface area contributed by atoms with Crippen molar-refractivity contribution < 1.29 is 19.1 Å². The molecule has 0 fully saturated rings. The summed E-state index contributed by atoms with van der Waals surface area (Å²) < 4.78 is 11.0. The first-order valence-corrected chi connectivity index (χ1v) is 10.4. The Balaban J connectivity index is 1.48. The summed E-state index contributed by atoms with van der Waals surface area (Å²) in [5.74, 6) is -0.497. The van der Waals surface area contributed by atoms with Crippen molar-refractivity contribution in [3.8, 4) is 6.07 Å². The fourth-order valence-electron chi connectivity index (χ4n) is 3.41. The van der Waals surface area contributed by atoms with Crippen LogP contribution in [0.1, 0.15) is 30.0 Å². The molecule has 2 unspecified atom stereocenters. The molecule has 162 valence electrons. The average molecular weight is 421 g/mol. The summed E-state index contributed by atoms with van der Waals surface area (Å²) in [5.41, 5.74) is 3.29. The average Bonchev–Trinajstić information content (AvgIpc) is 2.81. The molecule has 0 saturated carbocycles. The lowest BCUT2D eigenvalue weighted by atomic mass is 10.0. The van der Waals surface area contributed by atoms with E-state index in [1.54, 1.807) is 11.8 Å². The van der Waals surface area contributed by atoms with E-state index >= 15 is 0 Å². The van der Waals surface area contributed by atoms with E-state index in [1.165, 1.54) is 5.56 Å². The van der Waals surface area contributed by atoms with Crippen LogP contribution in [-0.4, -0.2) is 42.2 Å². The van der Waals surface area contributed by atoms with Gasteiger partial charge in [-0.15, -0.1) is 0 Å². The summed E-state index contributed by atoms with van der Waals surface area (Å²) in [5, 5.41) is 12.0. The summed E-state index contributed by atoms with van der Waals surface area (Å²) >= 11 is 0. The fourth-order valence-corrected chi connectivity index (χ4v) is 3.41. The number of amides is 2. The van der Waals surface area contributed by atoms with Crippen LogP contribution in [0.15, 0.2) is 54.6 Å². The first-order chi connectivity index (χ1) is 15.1. The second-order valence-electron chi connectivity index (χ2n) is 7.41. The molecule has 0 saturated heterocycles. The Kier molecular flexibility index (Phi) is 8.02. The Bertz CT molecular complexity index is 926. The second-order valence-corrected chi connectivity index (χ2v) is 7.41. The van der Waals surface area contributed by atoms with Crippen LogP contribution >= 0.6 is 0 Å². The smallest absolute Gasteiger partial charge is 0.410 e. The minimum Gasteiger partial charge on any atom is -0.436 e. The van der Waals surface area contributed by atoms with Crippen LogP contribution in [0.3, 0.4) is 0 Å². The zero-order chi connectivity index (χ0) is 22.1. The highest BCUT2D eigenvalue weighted by atomic mass is 16.6.